The van der Waals surface area contributed by atoms with Crippen LogP contribution in [0.1, 0.15) is 43.6 Å². The molecule has 1 aliphatic carbocycles. The van der Waals surface area contributed by atoms with E-state index in [1.54, 1.807) is 12.1 Å². The number of benzene rings is 2. The molecule has 0 aliphatic heterocycles. The number of hydrogen-bond acceptors (Lipinski definition) is 3. The molecule has 2 aromatic carbocycles. The van der Waals surface area contributed by atoms with Gasteiger partial charge in [0.25, 0.3) is 5.69 Å². The smallest absolute Gasteiger partial charge is 0.269 e. The highest BCUT2D eigenvalue weighted by Gasteiger charge is 2.20. The van der Waals surface area contributed by atoms with Crippen LogP contribution in [0.2, 0.25) is 5.02 Å². The maximum Gasteiger partial charge on any atom is 0.269 e. The van der Waals surface area contributed by atoms with E-state index in [2.05, 4.69) is 0 Å². The molecule has 5 heteroatoms. The van der Waals surface area contributed by atoms with E-state index in [0.717, 1.165) is 24.2 Å². The maximum absolute atomic E-state index is 10.7. The van der Waals surface area contributed by atoms with Crippen molar-refractivity contribution in [3.05, 3.63) is 63.2 Å². The van der Waals surface area contributed by atoms with Gasteiger partial charge < -0.3 is 4.74 Å². The van der Waals surface area contributed by atoms with Gasteiger partial charge in [0.15, 0.2) is 0 Å². The second kappa shape index (κ2) is 7.01. The van der Waals surface area contributed by atoms with E-state index in [9.17, 15) is 10.1 Å². The molecule has 0 spiro atoms. The monoisotopic (exact) mass is 331 g/mol. The highest BCUT2D eigenvalue weighted by Crippen LogP contribution is 2.40. The minimum atomic E-state index is -0.417. The Kier molecular flexibility index (Phi) is 4.82. The average Bonchev–Trinajstić information content (AvgIpc) is 2.58. The predicted octanol–water partition coefficient (Wildman–Crippen LogP) is 6.09. The number of halogens is 1. The summed E-state index contributed by atoms with van der Waals surface area (Å²) in [4.78, 5) is 10.3. The van der Waals surface area contributed by atoms with Crippen LogP contribution in [0.4, 0.5) is 5.69 Å². The quantitative estimate of drug-likeness (QED) is 0.503. The standard InChI is InChI=1S/C18H18ClNO3/c19-14-6-11-18(17(12-14)13-4-2-1-3-5-13)23-16-9-7-15(8-10-16)20(21)22/h6-13H,1-5H2. The largest absolute Gasteiger partial charge is 0.457 e. The predicted molar refractivity (Wildman–Crippen MR) is 90.4 cm³/mol. The molecule has 0 heterocycles. The van der Waals surface area contributed by atoms with Crippen molar-refractivity contribution in [1.82, 2.24) is 0 Å². The second-order valence-corrected chi connectivity index (χ2v) is 6.31. The van der Waals surface area contributed by atoms with Crippen LogP contribution in [0.3, 0.4) is 0 Å². The van der Waals surface area contributed by atoms with Gasteiger partial charge in [0.1, 0.15) is 11.5 Å². The normalized spacial score (nSPS) is 15.3. The van der Waals surface area contributed by atoms with Gasteiger partial charge in [0.05, 0.1) is 4.92 Å². The minimum absolute atomic E-state index is 0.0564. The molecule has 0 aromatic heterocycles. The lowest BCUT2D eigenvalue weighted by Gasteiger charge is -2.24. The third-order valence-corrected chi connectivity index (χ3v) is 4.53. The van der Waals surface area contributed by atoms with Crippen LogP contribution in [-0.4, -0.2) is 4.92 Å². The first-order chi connectivity index (χ1) is 11.1. The van der Waals surface area contributed by atoms with E-state index in [-0.39, 0.29) is 5.69 Å². The van der Waals surface area contributed by atoms with Gasteiger partial charge in [-0.05, 0) is 54.7 Å². The van der Waals surface area contributed by atoms with E-state index < -0.39 is 4.92 Å². The molecule has 2 aromatic rings. The van der Waals surface area contributed by atoms with Crippen molar-refractivity contribution in [3.63, 3.8) is 0 Å². The summed E-state index contributed by atoms with van der Waals surface area (Å²) in [6.07, 6.45) is 6.05. The third kappa shape index (κ3) is 3.82. The Morgan fingerprint density at radius 3 is 2.39 bits per heavy atom. The van der Waals surface area contributed by atoms with Crippen molar-refractivity contribution >= 4 is 17.3 Å². The Bertz CT molecular complexity index is 694. The number of nitro benzene ring substituents is 1. The minimum Gasteiger partial charge on any atom is -0.457 e. The molecule has 0 N–H and O–H groups in total. The van der Waals surface area contributed by atoms with Crippen LogP contribution in [0.5, 0.6) is 11.5 Å². The molecule has 0 unspecified atom stereocenters. The molecule has 0 bridgehead atoms. The summed E-state index contributed by atoms with van der Waals surface area (Å²) in [7, 11) is 0. The molecule has 1 aliphatic rings. The Labute approximate surface area is 140 Å². The average molecular weight is 332 g/mol. The first kappa shape index (κ1) is 15.8. The SMILES string of the molecule is O=[N+]([O-])c1ccc(Oc2ccc(Cl)cc2C2CCCCC2)cc1. The first-order valence-corrected chi connectivity index (χ1v) is 8.23. The summed E-state index contributed by atoms with van der Waals surface area (Å²) in [6.45, 7) is 0. The van der Waals surface area contributed by atoms with Crippen molar-refractivity contribution in [3.8, 4) is 11.5 Å². The molecule has 0 atom stereocenters. The summed E-state index contributed by atoms with van der Waals surface area (Å²) in [5.74, 6) is 1.85. The molecule has 3 rings (SSSR count). The van der Waals surface area contributed by atoms with Crippen LogP contribution < -0.4 is 4.74 Å². The highest BCUT2D eigenvalue weighted by molar-refractivity contribution is 6.30. The van der Waals surface area contributed by atoms with Crippen molar-refractivity contribution in [2.45, 2.75) is 38.0 Å². The van der Waals surface area contributed by atoms with Crippen LogP contribution in [0.15, 0.2) is 42.5 Å². The van der Waals surface area contributed by atoms with Gasteiger partial charge in [0.2, 0.25) is 0 Å². The number of rotatable bonds is 4. The molecule has 1 saturated carbocycles. The second-order valence-electron chi connectivity index (χ2n) is 5.87. The van der Waals surface area contributed by atoms with E-state index in [4.69, 9.17) is 16.3 Å². The van der Waals surface area contributed by atoms with Crippen molar-refractivity contribution in [2.75, 3.05) is 0 Å². The number of nitrogens with zero attached hydrogens (tertiary/aromatic N) is 1. The number of hydrogen-bond donors (Lipinski definition) is 0. The zero-order valence-corrected chi connectivity index (χ0v) is 13.5. The number of ether oxygens (including phenoxy) is 1. The fraction of sp³-hybridized carbons (Fsp3) is 0.333. The zero-order chi connectivity index (χ0) is 16.2. The van der Waals surface area contributed by atoms with Crippen molar-refractivity contribution < 1.29 is 9.66 Å². The summed E-state index contributed by atoms with van der Waals surface area (Å²) in [5.41, 5.74) is 1.19. The number of non-ortho nitro benzene ring substituents is 1. The molecule has 120 valence electrons. The molecule has 1 fully saturated rings. The Balaban J connectivity index is 1.85. The van der Waals surface area contributed by atoms with Gasteiger partial charge in [-0.25, -0.2) is 0 Å². The van der Waals surface area contributed by atoms with Gasteiger partial charge in [0, 0.05) is 17.2 Å². The summed E-state index contributed by atoms with van der Waals surface area (Å²) in [5, 5.41) is 11.4. The van der Waals surface area contributed by atoms with Gasteiger partial charge in [-0.15, -0.1) is 0 Å². The van der Waals surface area contributed by atoms with E-state index in [0.29, 0.717) is 16.7 Å². The van der Waals surface area contributed by atoms with Crippen LogP contribution in [0.25, 0.3) is 0 Å². The van der Waals surface area contributed by atoms with E-state index in [1.165, 1.54) is 31.4 Å². The molecular weight excluding hydrogens is 314 g/mol. The zero-order valence-electron chi connectivity index (χ0n) is 12.7. The fourth-order valence-electron chi connectivity index (χ4n) is 3.11. The van der Waals surface area contributed by atoms with Gasteiger partial charge in [-0.2, -0.15) is 0 Å². The molecular formula is C18H18ClNO3. The lowest BCUT2D eigenvalue weighted by molar-refractivity contribution is -0.384. The summed E-state index contributed by atoms with van der Waals surface area (Å²) < 4.78 is 5.97. The molecule has 0 radical (unpaired) electrons. The topological polar surface area (TPSA) is 52.4 Å². The molecule has 23 heavy (non-hydrogen) atoms. The van der Waals surface area contributed by atoms with Crippen molar-refractivity contribution in [1.29, 1.82) is 0 Å². The Hall–Kier alpha value is -2.07. The van der Waals surface area contributed by atoms with Crippen molar-refractivity contribution in [2.24, 2.45) is 0 Å². The highest BCUT2D eigenvalue weighted by atomic mass is 35.5. The summed E-state index contributed by atoms with van der Waals surface area (Å²) in [6, 6.07) is 11.8. The van der Waals surface area contributed by atoms with Gasteiger partial charge >= 0.3 is 0 Å². The Morgan fingerprint density at radius 1 is 1.04 bits per heavy atom. The fourth-order valence-corrected chi connectivity index (χ4v) is 3.29. The van der Waals surface area contributed by atoms with Crippen LogP contribution >= 0.6 is 11.6 Å². The third-order valence-electron chi connectivity index (χ3n) is 4.29. The lowest BCUT2D eigenvalue weighted by Crippen LogP contribution is -2.06. The van der Waals surface area contributed by atoms with Gasteiger partial charge in [-0.1, -0.05) is 30.9 Å². The summed E-state index contributed by atoms with van der Waals surface area (Å²) >= 11 is 6.16. The maximum atomic E-state index is 10.7. The molecule has 4 nitrogen and oxygen atoms in total. The van der Waals surface area contributed by atoms with E-state index in [1.807, 2.05) is 18.2 Å². The lowest BCUT2D eigenvalue weighted by atomic mass is 9.84. The molecule has 0 amide bonds. The molecule has 0 saturated heterocycles. The van der Waals surface area contributed by atoms with Crippen LogP contribution in [-0.2, 0) is 0 Å². The Morgan fingerprint density at radius 2 is 1.74 bits per heavy atom. The number of nitro groups is 1. The van der Waals surface area contributed by atoms with E-state index >= 15 is 0 Å². The van der Waals surface area contributed by atoms with Gasteiger partial charge in [-0.3, -0.25) is 10.1 Å². The first-order valence-electron chi connectivity index (χ1n) is 7.85. The van der Waals surface area contributed by atoms with Crippen LogP contribution in [0, 0.1) is 10.1 Å².